The van der Waals surface area contributed by atoms with E-state index in [0.717, 1.165) is 11.1 Å². The quantitative estimate of drug-likeness (QED) is 0.666. The van der Waals surface area contributed by atoms with Crippen molar-refractivity contribution in [2.75, 3.05) is 7.11 Å². The lowest BCUT2D eigenvalue weighted by Crippen LogP contribution is -2.15. The summed E-state index contributed by atoms with van der Waals surface area (Å²) in [5, 5.41) is 8.97. The van der Waals surface area contributed by atoms with E-state index < -0.39 is 11.9 Å². The summed E-state index contributed by atoms with van der Waals surface area (Å²) < 4.78 is 4.69. The van der Waals surface area contributed by atoms with E-state index in [9.17, 15) is 9.59 Å². The SMILES string of the molecule is COC(=O)C1C=C(c2cccc(C(=O)O)c2)C=C[CH-]1. The molecule has 0 aromatic heterocycles. The number of rotatable bonds is 3. The number of benzene rings is 1. The van der Waals surface area contributed by atoms with Crippen molar-refractivity contribution in [3.63, 3.8) is 0 Å². The summed E-state index contributed by atoms with van der Waals surface area (Å²) in [5.74, 6) is -1.74. The predicted octanol–water partition coefficient (Wildman–Crippen LogP) is 2.33. The van der Waals surface area contributed by atoms with Crippen LogP contribution in [0.2, 0.25) is 0 Å². The monoisotopic (exact) mass is 257 g/mol. The molecule has 1 aromatic rings. The van der Waals surface area contributed by atoms with Crippen molar-refractivity contribution in [2.24, 2.45) is 5.92 Å². The predicted molar refractivity (Wildman–Crippen MR) is 70.3 cm³/mol. The molecule has 1 aromatic carbocycles. The number of hydrogen-bond donors (Lipinski definition) is 1. The van der Waals surface area contributed by atoms with Crippen molar-refractivity contribution in [2.45, 2.75) is 0 Å². The zero-order valence-corrected chi connectivity index (χ0v) is 10.4. The first-order valence-electron chi connectivity index (χ1n) is 5.76. The maximum Gasteiger partial charge on any atom is 0.335 e. The summed E-state index contributed by atoms with van der Waals surface area (Å²) in [4.78, 5) is 22.4. The molecule has 0 spiro atoms. The van der Waals surface area contributed by atoms with E-state index in [1.807, 2.05) is 12.1 Å². The van der Waals surface area contributed by atoms with Crippen molar-refractivity contribution in [3.8, 4) is 0 Å². The van der Waals surface area contributed by atoms with E-state index in [4.69, 9.17) is 9.84 Å². The molecule has 98 valence electrons. The molecule has 4 nitrogen and oxygen atoms in total. The van der Waals surface area contributed by atoms with Gasteiger partial charge in [0.1, 0.15) is 0 Å². The number of methoxy groups -OCH3 is 1. The fraction of sp³-hybridized carbons (Fsp3) is 0.133. The molecule has 2 rings (SSSR count). The molecule has 1 aliphatic carbocycles. The van der Waals surface area contributed by atoms with Gasteiger partial charge < -0.3 is 9.84 Å². The summed E-state index contributed by atoms with van der Waals surface area (Å²) in [7, 11) is 1.34. The van der Waals surface area contributed by atoms with Gasteiger partial charge in [0.05, 0.1) is 12.7 Å². The van der Waals surface area contributed by atoms with Gasteiger partial charge in [-0.2, -0.15) is 0 Å². The van der Waals surface area contributed by atoms with Gasteiger partial charge in [0.2, 0.25) is 0 Å². The summed E-state index contributed by atoms with van der Waals surface area (Å²) in [6.07, 6.45) is 7.09. The second kappa shape index (κ2) is 5.44. The van der Waals surface area contributed by atoms with Gasteiger partial charge in [0, 0.05) is 5.92 Å². The van der Waals surface area contributed by atoms with Crippen LogP contribution >= 0.6 is 0 Å². The summed E-state index contributed by atoms with van der Waals surface area (Å²) >= 11 is 0. The molecule has 0 fully saturated rings. The van der Waals surface area contributed by atoms with Crippen LogP contribution in [-0.2, 0) is 9.53 Å². The first-order valence-corrected chi connectivity index (χ1v) is 5.76. The van der Waals surface area contributed by atoms with Crippen molar-refractivity contribution < 1.29 is 19.4 Å². The Labute approximate surface area is 111 Å². The second-order valence-electron chi connectivity index (χ2n) is 4.11. The normalized spacial score (nSPS) is 17.3. The van der Waals surface area contributed by atoms with Crippen LogP contribution in [-0.4, -0.2) is 24.2 Å². The third-order valence-corrected chi connectivity index (χ3v) is 2.87. The Bertz CT molecular complexity index is 569. The third kappa shape index (κ3) is 2.85. The smallest absolute Gasteiger partial charge is 0.335 e. The Balaban J connectivity index is 2.33. The van der Waals surface area contributed by atoms with Gasteiger partial charge in [-0.3, -0.25) is 4.79 Å². The lowest BCUT2D eigenvalue weighted by atomic mass is 9.92. The lowest BCUT2D eigenvalue weighted by Gasteiger charge is -2.22. The molecule has 0 heterocycles. The van der Waals surface area contributed by atoms with E-state index in [-0.39, 0.29) is 11.5 Å². The molecule has 4 heteroatoms. The van der Waals surface area contributed by atoms with Crippen LogP contribution in [0.15, 0.2) is 42.5 Å². The van der Waals surface area contributed by atoms with E-state index in [2.05, 4.69) is 0 Å². The standard InChI is InChI=1S/C15H13O4/c1-19-15(18)13-7-3-5-11(9-13)10-4-2-6-12(8-10)14(16)17/h2-9,13H,1H3,(H,16,17)/q-1. The number of allylic oxidation sites excluding steroid dienone is 3. The number of aromatic carboxylic acids is 1. The lowest BCUT2D eigenvalue weighted by molar-refractivity contribution is -0.142. The average Bonchev–Trinajstić information content (AvgIpc) is 2.46. The molecular weight excluding hydrogens is 244 g/mol. The van der Waals surface area contributed by atoms with Crippen LogP contribution in [0.4, 0.5) is 0 Å². The van der Waals surface area contributed by atoms with E-state index >= 15 is 0 Å². The minimum Gasteiger partial charge on any atom is -0.478 e. The van der Waals surface area contributed by atoms with Crippen LogP contribution in [0.3, 0.4) is 0 Å². The van der Waals surface area contributed by atoms with Gasteiger partial charge in [-0.15, -0.1) is 5.57 Å². The maximum atomic E-state index is 11.5. The molecule has 0 saturated heterocycles. The molecule has 1 unspecified atom stereocenters. The molecule has 0 bridgehead atoms. The number of esters is 1. The van der Waals surface area contributed by atoms with Crippen molar-refractivity contribution >= 4 is 17.5 Å². The number of ether oxygens (including phenoxy) is 1. The van der Waals surface area contributed by atoms with E-state index in [0.29, 0.717) is 0 Å². The minimum absolute atomic E-state index is 0.218. The Morgan fingerprint density at radius 2 is 2.16 bits per heavy atom. The van der Waals surface area contributed by atoms with Crippen LogP contribution in [0, 0.1) is 12.3 Å². The Kier molecular flexibility index (Phi) is 3.71. The fourth-order valence-corrected chi connectivity index (χ4v) is 1.89. The number of carbonyl (C=O) groups is 2. The highest BCUT2D eigenvalue weighted by Crippen LogP contribution is 2.25. The number of hydrogen-bond acceptors (Lipinski definition) is 3. The van der Waals surface area contributed by atoms with Crippen molar-refractivity contribution in [1.29, 1.82) is 0 Å². The van der Waals surface area contributed by atoms with Gasteiger partial charge in [-0.05, 0) is 17.7 Å². The molecule has 0 amide bonds. The number of carboxylic acids is 1. The second-order valence-corrected chi connectivity index (χ2v) is 4.11. The molecule has 1 aliphatic rings. The Morgan fingerprint density at radius 1 is 1.37 bits per heavy atom. The van der Waals surface area contributed by atoms with Gasteiger partial charge in [-0.25, -0.2) is 23.4 Å². The molecule has 0 aliphatic heterocycles. The molecule has 0 radical (unpaired) electrons. The van der Waals surface area contributed by atoms with Gasteiger partial charge in [0.25, 0.3) is 5.97 Å². The minimum atomic E-state index is -0.974. The molecular formula is C15H13O4-. The highest BCUT2D eigenvalue weighted by Gasteiger charge is 2.13. The third-order valence-electron chi connectivity index (χ3n) is 2.87. The largest absolute Gasteiger partial charge is 0.478 e. The Morgan fingerprint density at radius 3 is 2.84 bits per heavy atom. The maximum absolute atomic E-state index is 11.5. The summed E-state index contributed by atoms with van der Waals surface area (Å²) in [6, 6.07) is 6.60. The van der Waals surface area contributed by atoms with E-state index in [1.54, 1.807) is 30.7 Å². The first kappa shape index (κ1) is 13.0. The Hall–Kier alpha value is -2.49. The number of carbonyl (C=O) groups excluding carboxylic acids is 1. The van der Waals surface area contributed by atoms with Crippen LogP contribution in [0.5, 0.6) is 0 Å². The number of carboxylic acid groups (broad SMARTS) is 1. The average molecular weight is 257 g/mol. The van der Waals surface area contributed by atoms with Crippen molar-refractivity contribution in [1.82, 2.24) is 0 Å². The molecule has 0 saturated carbocycles. The summed E-state index contributed by atoms with van der Waals surface area (Å²) in [5.41, 5.74) is 1.79. The van der Waals surface area contributed by atoms with Crippen LogP contribution < -0.4 is 0 Å². The van der Waals surface area contributed by atoms with Crippen LogP contribution in [0.1, 0.15) is 15.9 Å². The topological polar surface area (TPSA) is 63.6 Å². The fourth-order valence-electron chi connectivity index (χ4n) is 1.89. The van der Waals surface area contributed by atoms with E-state index in [1.165, 1.54) is 13.2 Å². The first-order chi connectivity index (χ1) is 9.11. The van der Waals surface area contributed by atoms with Gasteiger partial charge >= 0.3 is 5.97 Å². The highest BCUT2D eigenvalue weighted by molar-refractivity contribution is 5.90. The highest BCUT2D eigenvalue weighted by atomic mass is 16.5. The molecule has 1 N–H and O–H groups in total. The van der Waals surface area contributed by atoms with Gasteiger partial charge in [0.15, 0.2) is 0 Å². The molecule has 19 heavy (non-hydrogen) atoms. The zero-order valence-electron chi connectivity index (χ0n) is 10.4. The zero-order chi connectivity index (χ0) is 13.8. The van der Waals surface area contributed by atoms with Crippen LogP contribution in [0.25, 0.3) is 5.57 Å². The van der Waals surface area contributed by atoms with Crippen molar-refractivity contribution in [3.05, 3.63) is 60.0 Å². The van der Waals surface area contributed by atoms with Gasteiger partial charge in [-0.1, -0.05) is 18.2 Å². The summed E-state index contributed by atoms with van der Waals surface area (Å²) in [6.45, 7) is 0. The molecule has 1 atom stereocenters.